The molecule has 2 aliphatic heterocycles. The molecule has 0 aromatic heterocycles. The van der Waals surface area contributed by atoms with Crippen molar-refractivity contribution in [3.8, 4) is 0 Å². The third kappa shape index (κ3) is 5.05. The van der Waals surface area contributed by atoms with E-state index in [4.69, 9.17) is 16.3 Å². The Balaban J connectivity index is 1.63. The smallest absolute Gasteiger partial charge is 0.338 e. The molecule has 1 unspecified atom stereocenters. The lowest BCUT2D eigenvalue weighted by molar-refractivity contribution is -0.139. The molecule has 0 radical (unpaired) electrons. The number of allylic oxidation sites excluding steroid dienone is 1. The van der Waals surface area contributed by atoms with Crippen molar-refractivity contribution < 1.29 is 14.3 Å². The number of amides is 1. The van der Waals surface area contributed by atoms with Crippen molar-refractivity contribution in [1.82, 2.24) is 9.80 Å². The van der Waals surface area contributed by atoms with E-state index in [-0.39, 0.29) is 18.9 Å². The maximum atomic E-state index is 13.1. The fraction of sp³-hybridized carbons (Fsp3) is 0.269. The largest absolute Gasteiger partial charge is 0.463 e. The molecule has 0 saturated heterocycles. The van der Waals surface area contributed by atoms with Crippen molar-refractivity contribution in [2.24, 2.45) is 4.99 Å². The van der Waals surface area contributed by atoms with Crippen LogP contribution in [0.25, 0.3) is 0 Å². The molecule has 8 heteroatoms. The maximum Gasteiger partial charge on any atom is 0.338 e. The third-order valence-electron chi connectivity index (χ3n) is 5.70. The number of halogens is 1. The average molecular weight is 496 g/mol. The van der Waals surface area contributed by atoms with Gasteiger partial charge in [0.2, 0.25) is 5.91 Å². The van der Waals surface area contributed by atoms with Crippen molar-refractivity contribution in [1.29, 1.82) is 0 Å². The Morgan fingerprint density at radius 3 is 2.53 bits per heavy atom. The maximum absolute atomic E-state index is 13.1. The minimum Gasteiger partial charge on any atom is -0.463 e. The van der Waals surface area contributed by atoms with E-state index in [2.05, 4.69) is 4.99 Å². The number of nitrogens with zero attached hydrogens (tertiary/aromatic N) is 3. The summed E-state index contributed by atoms with van der Waals surface area (Å²) in [6, 6.07) is 16.8. The van der Waals surface area contributed by atoms with Crippen molar-refractivity contribution in [2.75, 3.05) is 13.7 Å². The molecule has 1 atom stereocenters. The van der Waals surface area contributed by atoms with Crippen molar-refractivity contribution in [3.63, 3.8) is 0 Å². The molecule has 34 heavy (non-hydrogen) atoms. The Kier molecular flexibility index (Phi) is 7.44. The molecule has 0 bridgehead atoms. The summed E-state index contributed by atoms with van der Waals surface area (Å²) in [6.45, 7) is 4.38. The summed E-state index contributed by atoms with van der Waals surface area (Å²) in [4.78, 5) is 34.5. The van der Waals surface area contributed by atoms with Gasteiger partial charge in [0.25, 0.3) is 0 Å². The summed E-state index contributed by atoms with van der Waals surface area (Å²) in [7, 11) is 1.80. The second-order valence-corrected chi connectivity index (χ2v) is 9.35. The molecular weight excluding hydrogens is 470 g/mol. The van der Waals surface area contributed by atoms with E-state index in [1.807, 2.05) is 59.7 Å². The molecule has 2 heterocycles. The molecule has 2 aromatic rings. The van der Waals surface area contributed by atoms with E-state index in [0.717, 1.165) is 22.0 Å². The highest BCUT2D eigenvalue weighted by Crippen LogP contribution is 2.45. The lowest BCUT2D eigenvalue weighted by Gasteiger charge is -2.36. The number of amidine groups is 1. The summed E-state index contributed by atoms with van der Waals surface area (Å²) < 4.78 is 5.38. The third-order valence-corrected chi connectivity index (χ3v) is 6.84. The van der Waals surface area contributed by atoms with Crippen LogP contribution in [0.3, 0.4) is 0 Å². The standard InChI is InChI=1S/C26H26ClN3O3S/c1-4-33-25(32)23-17(2)28-26-30(24(23)19-10-12-20(27)13-11-19)21(16-34-26)14-22(31)29(3)15-18-8-6-5-7-9-18/h5-13,16,24H,4,14-15H2,1-3H3. The number of aliphatic imine (C=N–C) groups is 1. The van der Waals surface area contributed by atoms with Crippen molar-refractivity contribution >= 4 is 40.4 Å². The minimum absolute atomic E-state index is 0.0178. The van der Waals surface area contributed by atoms with Crippen LogP contribution in [0.15, 0.2) is 82.0 Å². The molecule has 0 aliphatic carbocycles. The second-order valence-electron chi connectivity index (χ2n) is 8.08. The summed E-state index contributed by atoms with van der Waals surface area (Å²) in [5.74, 6) is -0.428. The van der Waals surface area contributed by atoms with Crippen LogP contribution in [0.2, 0.25) is 5.02 Å². The molecule has 1 amide bonds. The number of carbonyl (C=O) groups is 2. The normalized spacial score (nSPS) is 17.2. The fourth-order valence-electron chi connectivity index (χ4n) is 4.04. The van der Waals surface area contributed by atoms with Crippen LogP contribution >= 0.6 is 23.4 Å². The van der Waals surface area contributed by atoms with Gasteiger partial charge in [0, 0.05) is 24.3 Å². The van der Waals surface area contributed by atoms with Crippen LogP contribution in [-0.4, -0.2) is 40.5 Å². The van der Waals surface area contributed by atoms with E-state index in [1.54, 1.807) is 31.0 Å². The number of carbonyl (C=O) groups excluding carboxylic acids is 2. The van der Waals surface area contributed by atoms with Crippen LogP contribution in [0.5, 0.6) is 0 Å². The zero-order valence-electron chi connectivity index (χ0n) is 19.3. The molecule has 0 saturated carbocycles. The van der Waals surface area contributed by atoms with Crippen molar-refractivity contribution in [3.05, 3.63) is 93.1 Å². The predicted molar refractivity (Wildman–Crippen MR) is 136 cm³/mol. The van der Waals surface area contributed by atoms with E-state index >= 15 is 0 Å². The lowest BCUT2D eigenvalue weighted by Crippen LogP contribution is -2.38. The quantitative estimate of drug-likeness (QED) is 0.473. The van der Waals surface area contributed by atoms with Gasteiger partial charge in [-0.1, -0.05) is 65.8 Å². The first-order valence-electron chi connectivity index (χ1n) is 11.0. The number of hydrogen-bond donors (Lipinski definition) is 0. The number of thioether (sulfide) groups is 1. The first kappa shape index (κ1) is 24.1. The summed E-state index contributed by atoms with van der Waals surface area (Å²) in [6.07, 6.45) is 0.189. The average Bonchev–Trinajstić information content (AvgIpc) is 3.21. The van der Waals surface area contributed by atoms with Gasteiger partial charge in [-0.15, -0.1) is 0 Å². The summed E-state index contributed by atoms with van der Waals surface area (Å²) in [5, 5.41) is 3.28. The Bertz CT molecular complexity index is 1180. The van der Waals surface area contributed by atoms with Gasteiger partial charge in [0.15, 0.2) is 5.17 Å². The van der Waals surface area contributed by atoms with E-state index in [1.165, 1.54) is 11.8 Å². The molecule has 0 fully saturated rings. The van der Waals surface area contributed by atoms with Gasteiger partial charge in [-0.25, -0.2) is 9.79 Å². The number of fused-ring (bicyclic) bond motifs is 1. The van der Waals surface area contributed by atoms with Crippen LogP contribution in [-0.2, 0) is 20.9 Å². The highest BCUT2D eigenvalue weighted by Gasteiger charge is 2.41. The van der Waals surface area contributed by atoms with E-state index in [0.29, 0.717) is 22.8 Å². The zero-order valence-corrected chi connectivity index (χ0v) is 20.9. The number of esters is 1. The van der Waals surface area contributed by atoms with Gasteiger partial charge in [0.1, 0.15) is 0 Å². The second kappa shape index (κ2) is 10.5. The first-order valence-corrected chi connectivity index (χ1v) is 12.3. The van der Waals surface area contributed by atoms with Gasteiger partial charge >= 0.3 is 5.97 Å². The minimum atomic E-state index is -0.461. The van der Waals surface area contributed by atoms with Crippen molar-refractivity contribution in [2.45, 2.75) is 32.9 Å². The Morgan fingerprint density at radius 2 is 1.85 bits per heavy atom. The summed E-state index contributed by atoms with van der Waals surface area (Å²) >= 11 is 7.59. The van der Waals surface area contributed by atoms with Gasteiger partial charge in [-0.3, -0.25) is 4.79 Å². The lowest BCUT2D eigenvalue weighted by atomic mass is 9.94. The van der Waals surface area contributed by atoms with Crippen LogP contribution in [0.1, 0.15) is 37.4 Å². The predicted octanol–water partition coefficient (Wildman–Crippen LogP) is 5.53. The molecule has 0 N–H and O–H groups in total. The molecule has 0 spiro atoms. The topological polar surface area (TPSA) is 62.2 Å². The van der Waals surface area contributed by atoms with Crippen LogP contribution < -0.4 is 0 Å². The van der Waals surface area contributed by atoms with Crippen LogP contribution in [0, 0.1) is 0 Å². The fourth-order valence-corrected chi connectivity index (χ4v) is 5.13. The number of hydrogen-bond acceptors (Lipinski definition) is 6. The van der Waals surface area contributed by atoms with E-state index in [9.17, 15) is 9.59 Å². The Labute approximate surface area is 208 Å². The number of ether oxygens (including phenoxy) is 1. The molecule has 2 aliphatic rings. The Morgan fingerprint density at radius 1 is 1.15 bits per heavy atom. The van der Waals surface area contributed by atoms with Gasteiger partial charge < -0.3 is 14.5 Å². The summed E-state index contributed by atoms with van der Waals surface area (Å²) in [5.41, 5.74) is 3.81. The monoisotopic (exact) mass is 495 g/mol. The highest BCUT2D eigenvalue weighted by molar-refractivity contribution is 8.16. The molecule has 6 nitrogen and oxygen atoms in total. The molecule has 2 aromatic carbocycles. The van der Waals surface area contributed by atoms with Gasteiger partial charge in [0.05, 0.1) is 30.3 Å². The zero-order chi connectivity index (χ0) is 24.2. The van der Waals surface area contributed by atoms with Gasteiger partial charge in [-0.2, -0.15) is 0 Å². The highest BCUT2D eigenvalue weighted by atomic mass is 35.5. The SMILES string of the molecule is CCOC(=O)C1=C(C)N=C2SC=C(CC(=O)N(C)Cc3ccccc3)N2C1c1ccc(Cl)cc1. The number of benzene rings is 2. The van der Waals surface area contributed by atoms with Crippen LogP contribution in [0.4, 0.5) is 0 Å². The molecular formula is C26H26ClN3O3S. The number of rotatable bonds is 7. The first-order chi connectivity index (χ1) is 16.4. The Hall–Kier alpha value is -3.03. The molecule has 176 valence electrons. The van der Waals surface area contributed by atoms with Gasteiger partial charge in [-0.05, 0) is 42.5 Å². The molecule has 4 rings (SSSR count). The van der Waals surface area contributed by atoms with E-state index < -0.39 is 12.0 Å².